The van der Waals surface area contributed by atoms with Crippen molar-refractivity contribution in [2.45, 2.75) is 38.0 Å². The molecule has 0 aliphatic heterocycles. The molecule has 1 aromatic rings. The first-order chi connectivity index (χ1) is 9.04. The molecule has 19 heavy (non-hydrogen) atoms. The molecule has 1 amide bonds. The van der Waals surface area contributed by atoms with E-state index in [0.29, 0.717) is 18.8 Å². The zero-order valence-corrected chi connectivity index (χ0v) is 12.4. The maximum absolute atomic E-state index is 12.1. The smallest absolute Gasteiger partial charge is 0.233 e. The topological polar surface area (TPSA) is 49.3 Å². The third kappa shape index (κ3) is 5.66. The third-order valence-electron chi connectivity index (χ3n) is 3.15. The molecule has 2 atom stereocenters. The quantitative estimate of drug-likeness (QED) is 0.670. The molecular weight excluding hydrogens is 258 g/mol. The fourth-order valence-corrected chi connectivity index (χ4v) is 2.21. The Morgan fingerprint density at radius 2 is 1.95 bits per heavy atom. The molecule has 0 heterocycles. The van der Waals surface area contributed by atoms with Crippen LogP contribution in [0.25, 0.3) is 0 Å². The van der Waals surface area contributed by atoms with Crippen molar-refractivity contribution < 1.29 is 9.90 Å². The molecule has 0 radical (unpaired) electrons. The zero-order valence-electron chi connectivity index (χ0n) is 11.5. The summed E-state index contributed by atoms with van der Waals surface area (Å²) in [6, 6.07) is 9.84. The van der Waals surface area contributed by atoms with Crippen LogP contribution in [0, 0.1) is 5.92 Å². The normalized spacial score (nSPS) is 14.2. The average molecular weight is 281 g/mol. The zero-order chi connectivity index (χ0) is 14.3. The Labute approximate surface area is 120 Å². The minimum absolute atomic E-state index is 0.00271. The van der Waals surface area contributed by atoms with Gasteiger partial charge in [0.25, 0.3) is 0 Å². The second-order valence-electron chi connectivity index (χ2n) is 5.08. The van der Waals surface area contributed by atoms with Gasteiger partial charge in [-0.15, -0.1) is 0 Å². The Bertz CT molecular complexity index is 381. The lowest BCUT2D eigenvalue weighted by molar-refractivity contribution is -0.121. The summed E-state index contributed by atoms with van der Waals surface area (Å²) in [5, 5.41) is 11.6. The molecule has 106 valence electrons. The molecule has 1 rings (SSSR count). The van der Waals surface area contributed by atoms with Gasteiger partial charge in [0.05, 0.1) is 5.25 Å². The van der Waals surface area contributed by atoms with E-state index in [9.17, 15) is 4.79 Å². The average Bonchev–Trinajstić information content (AvgIpc) is 2.39. The van der Waals surface area contributed by atoms with E-state index in [1.807, 2.05) is 44.2 Å². The van der Waals surface area contributed by atoms with E-state index < -0.39 is 0 Å². The van der Waals surface area contributed by atoms with E-state index >= 15 is 0 Å². The van der Waals surface area contributed by atoms with Gasteiger partial charge in [0.2, 0.25) is 5.91 Å². The molecule has 3 nitrogen and oxygen atoms in total. The second-order valence-corrected chi connectivity index (χ2v) is 5.70. The van der Waals surface area contributed by atoms with Crippen molar-refractivity contribution in [1.82, 2.24) is 5.32 Å². The van der Waals surface area contributed by atoms with Crippen LogP contribution in [-0.2, 0) is 11.2 Å². The van der Waals surface area contributed by atoms with Crippen LogP contribution >= 0.6 is 12.6 Å². The van der Waals surface area contributed by atoms with Crippen LogP contribution in [0.3, 0.4) is 0 Å². The van der Waals surface area contributed by atoms with Crippen molar-refractivity contribution >= 4 is 18.5 Å². The SMILES string of the molecule is CC(C)C(CCO)NC(=O)C(S)Cc1ccccc1. The van der Waals surface area contributed by atoms with Gasteiger partial charge in [-0.25, -0.2) is 0 Å². The number of hydrogen-bond donors (Lipinski definition) is 3. The molecule has 0 saturated heterocycles. The van der Waals surface area contributed by atoms with Crippen molar-refractivity contribution in [3.05, 3.63) is 35.9 Å². The van der Waals surface area contributed by atoms with Crippen LogP contribution in [0.5, 0.6) is 0 Å². The largest absolute Gasteiger partial charge is 0.396 e. The van der Waals surface area contributed by atoms with Gasteiger partial charge in [0, 0.05) is 12.6 Å². The molecule has 0 aromatic heterocycles. The lowest BCUT2D eigenvalue weighted by Gasteiger charge is -2.23. The van der Waals surface area contributed by atoms with Crippen LogP contribution in [0.1, 0.15) is 25.8 Å². The minimum Gasteiger partial charge on any atom is -0.396 e. The molecule has 0 aliphatic rings. The maximum Gasteiger partial charge on any atom is 0.233 e. The highest BCUT2D eigenvalue weighted by Crippen LogP contribution is 2.11. The number of aliphatic hydroxyl groups is 1. The minimum atomic E-state index is -0.359. The molecular formula is C15H23NO2S. The van der Waals surface area contributed by atoms with Gasteiger partial charge in [-0.2, -0.15) is 12.6 Å². The molecule has 0 saturated carbocycles. The Morgan fingerprint density at radius 1 is 1.32 bits per heavy atom. The van der Waals surface area contributed by atoms with Crippen molar-refractivity contribution in [1.29, 1.82) is 0 Å². The number of hydrogen-bond acceptors (Lipinski definition) is 3. The Balaban J connectivity index is 2.52. The van der Waals surface area contributed by atoms with E-state index in [2.05, 4.69) is 17.9 Å². The maximum atomic E-state index is 12.1. The summed E-state index contributed by atoms with van der Waals surface area (Å²) in [5.74, 6) is 0.229. The molecule has 0 aliphatic carbocycles. The standard InChI is InChI=1S/C15H23NO2S/c1-11(2)13(8-9-17)16-15(18)14(19)10-12-6-4-3-5-7-12/h3-7,11,13-14,17,19H,8-10H2,1-2H3,(H,16,18). The molecule has 1 aromatic carbocycles. The molecule has 0 fully saturated rings. The lowest BCUT2D eigenvalue weighted by Crippen LogP contribution is -2.43. The second kappa shape index (κ2) is 8.23. The fourth-order valence-electron chi connectivity index (χ4n) is 1.92. The molecule has 2 unspecified atom stereocenters. The first kappa shape index (κ1) is 16.1. The summed E-state index contributed by atoms with van der Waals surface area (Å²) >= 11 is 4.37. The van der Waals surface area contributed by atoms with E-state index in [1.165, 1.54) is 0 Å². The first-order valence-electron chi connectivity index (χ1n) is 6.67. The van der Waals surface area contributed by atoms with Crippen molar-refractivity contribution in [3.63, 3.8) is 0 Å². The van der Waals surface area contributed by atoms with E-state index in [1.54, 1.807) is 0 Å². The van der Waals surface area contributed by atoms with Crippen molar-refractivity contribution in [3.8, 4) is 0 Å². The number of nitrogens with one attached hydrogen (secondary N) is 1. The number of benzene rings is 1. The Hall–Kier alpha value is -1.00. The predicted octanol–water partition coefficient (Wildman–Crippen LogP) is 2.05. The Morgan fingerprint density at radius 3 is 2.47 bits per heavy atom. The highest BCUT2D eigenvalue weighted by molar-refractivity contribution is 7.81. The van der Waals surface area contributed by atoms with Gasteiger partial charge in [-0.3, -0.25) is 4.79 Å². The van der Waals surface area contributed by atoms with E-state index in [-0.39, 0.29) is 23.8 Å². The molecule has 4 heteroatoms. The summed E-state index contributed by atoms with van der Waals surface area (Å²) < 4.78 is 0. The fraction of sp³-hybridized carbons (Fsp3) is 0.533. The van der Waals surface area contributed by atoms with Gasteiger partial charge in [-0.05, 0) is 24.3 Å². The van der Waals surface area contributed by atoms with Gasteiger partial charge in [-0.1, -0.05) is 44.2 Å². The van der Waals surface area contributed by atoms with Crippen LogP contribution in [0.15, 0.2) is 30.3 Å². The van der Waals surface area contributed by atoms with E-state index in [0.717, 1.165) is 5.56 Å². The highest BCUT2D eigenvalue weighted by Gasteiger charge is 2.20. The summed E-state index contributed by atoms with van der Waals surface area (Å²) in [6.45, 7) is 4.15. The molecule has 2 N–H and O–H groups in total. The summed E-state index contributed by atoms with van der Waals surface area (Å²) in [7, 11) is 0. The number of carbonyl (C=O) groups is 1. The monoisotopic (exact) mass is 281 g/mol. The first-order valence-corrected chi connectivity index (χ1v) is 7.19. The molecule has 0 spiro atoms. The number of thiol groups is 1. The van der Waals surface area contributed by atoms with Gasteiger partial charge >= 0.3 is 0 Å². The third-order valence-corrected chi connectivity index (χ3v) is 3.56. The van der Waals surface area contributed by atoms with Crippen LogP contribution in [0.4, 0.5) is 0 Å². The predicted molar refractivity (Wildman–Crippen MR) is 81.4 cm³/mol. The molecule has 0 bridgehead atoms. The lowest BCUT2D eigenvalue weighted by atomic mass is 10.0. The number of aliphatic hydroxyl groups excluding tert-OH is 1. The van der Waals surface area contributed by atoms with Crippen LogP contribution in [0.2, 0.25) is 0 Å². The van der Waals surface area contributed by atoms with Gasteiger partial charge in [0.15, 0.2) is 0 Å². The van der Waals surface area contributed by atoms with E-state index in [4.69, 9.17) is 5.11 Å². The van der Waals surface area contributed by atoms with Crippen LogP contribution in [-0.4, -0.2) is 28.9 Å². The summed E-state index contributed by atoms with van der Waals surface area (Å²) in [5.41, 5.74) is 1.10. The van der Waals surface area contributed by atoms with Crippen LogP contribution < -0.4 is 5.32 Å². The number of rotatable bonds is 7. The Kier molecular flexibility index (Phi) is 6.95. The van der Waals surface area contributed by atoms with Crippen molar-refractivity contribution in [2.24, 2.45) is 5.92 Å². The number of amides is 1. The van der Waals surface area contributed by atoms with Gasteiger partial charge in [0.1, 0.15) is 0 Å². The van der Waals surface area contributed by atoms with Gasteiger partial charge < -0.3 is 10.4 Å². The summed E-state index contributed by atoms with van der Waals surface area (Å²) in [6.07, 6.45) is 1.19. The number of carbonyl (C=O) groups excluding carboxylic acids is 1. The highest BCUT2D eigenvalue weighted by atomic mass is 32.1. The summed E-state index contributed by atoms with van der Waals surface area (Å²) in [4.78, 5) is 12.1. The van der Waals surface area contributed by atoms with Crippen molar-refractivity contribution in [2.75, 3.05) is 6.61 Å².